The molecule has 0 bridgehead atoms. The summed E-state index contributed by atoms with van der Waals surface area (Å²) in [6.45, 7) is 5.64. The predicted molar refractivity (Wildman–Crippen MR) is 73.9 cm³/mol. The molecule has 3 heteroatoms. The zero-order valence-corrected chi connectivity index (χ0v) is 11.7. The van der Waals surface area contributed by atoms with Gasteiger partial charge in [0.1, 0.15) is 17.3 Å². The van der Waals surface area contributed by atoms with Gasteiger partial charge in [-0.3, -0.25) is 4.79 Å². The third-order valence-corrected chi connectivity index (χ3v) is 3.36. The summed E-state index contributed by atoms with van der Waals surface area (Å²) in [5.41, 5.74) is 2.63. The highest BCUT2D eigenvalue weighted by Gasteiger charge is 2.18. The first-order chi connectivity index (χ1) is 9.02. The van der Waals surface area contributed by atoms with Gasteiger partial charge in [0, 0.05) is 12.0 Å². The quantitative estimate of drug-likeness (QED) is 0.786. The van der Waals surface area contributed by atoms with Gasteiger partial charge in [0.25, 0.3) is 0 Å². The maximum Gasteiger partial charge on any atom is 0.171 e. The van der Waals surface area contributed by atoms with E-state index in [4.69, 9.17) is 9.15 Å². The second kappa shape index (κ2) is 5.31. The Kier molecular flexibility index (Phi) is 3.74. The minimum Gasteiger partial charge on any atom is -0.497 e. The molecule has 0 saturated carbocycles. The lowest BCUT2D eigenvalue weighted by Crippen LogP contribution is -2.05. The first kappa shape index (κ1) is 13.4. The maximum absolute atomic E-state index is 12.3. The van der Waals surface area contributed by atoms with Crippen LogP contribution in [0.4, 0.5) is 0 Å². The van der Waals surface area contributed by atoms with E-state index < -0.39 is 0 Å². The standard InChI is InChI=1S/C16H18O3/c1-10-11(2)19-12(3)16(10)15(17)9-13-5-7-14(18-4)8-6-13/h5-8H,9H2,1-4H3. The van der Waals surface area contributed by atoms with Crippen molar-refractivity contribution in [3.8, 4) is 5.75 Å². The van der Waals surface area contributed by atoms with E-state index in [2.05, 4.69) is 0 Å². The Morgan fingerprint density at radius 1 is 1.11 bits per heavy atom. The van der Waals surface area contributed by atoms with Crippen LogP contribution in [-0.4, -0.2) is 12.9 Å². The van der Waals surface area contributed by atoms with Crippen LogP contribution in [0.3, 0.4) is 0 Å². The van der Waals surface area contributed by atoms with Crippen LogP contribution >= 0.6 is 0 Å². The Labute approximate surface area is 113 Å². The number of methoxy groups -OCH3 is 1. The molecule has 3 nitrogen and oxygen atoms in total. The average molecular weight is 258 g/mol. The van der Waals surface area contributed by atoms with E-state index in [-0.39, 0.29) is 5.78 Å². The SMILES string of the molecule is COc1ccc(CC(=O)c2c(C)oc(C)c2C)cc1. The average Bonchev–Trinajstić information content (AvgIpc) is 2.64. The first-order valence-corrected chi connectivity index (χ1v) is 6.25. The Hall–Kier alpha value is -2.03. The molecular weight excluding hydrogens is 240 g/mol. The Bertz CT molecular complexity index is 591. The molecule has 0 aliphatic rings. The van der Waals surface area contributed by atoms with Gasteiger partial charge >= 0.3 is 0 Å². The summed E-state index contributed by atoms with van der Waals surface area (Å²) in [7, 11) is 1.63. The number of Topliss-reactive ketones (excluding diaryl/α,β-unsaturated/α-hetero) is 1. The van der Waals surface area contributed by atoms with Gasteiger partial charge in [0.2, 0.25) is 0 Å². The number of ether oxygens (including phenoxy) is 1. The second-order valence-electron chi connectivity index (χ2n) is 4.66. The smallest absolute Gasteiger partial charge is 0.171 e. The van der Waals surface area contributed by atoms with Crippen molar-refractivity contribution in [2.75, 3.05) is 7.11 Å². The monoisotopic (exact) mass is 258 g/mol. The summed E-state index contributed by atoms with van der Waals surface area (Å²) in [5, 5.41) is 0. The van der Waals surface area contributed by atoms with Gasteiger partial charge in [0.05, 0.1) is 12.7 Å². The zero-order valence-electron chi connectivity index (χ0n) is 11.7. The molecule has 2 aromatic rings. The predicted octanol–water partition coefficient (Wildman–Crippen LogP) is 3.64. The number of carbonyl (C=O) groups is 1. The largest absolute Gasteiger partial charge is 0.497 e. The minimum atomic E-state index is 0.0945. The molecule has 0 aliphatic heterocycles. The molecule has 1 heterocycles. The molecule has 0 radical (unpaired) electrons. The van der Waals surface area contributed by atoms with Crippen molar-refractivity contribution in [1.29, 1.82) is 0 Å². The van der Waals surface area contributed by atoms with Crippen molar-refractivity contribution in [3.63, 3.8) is 0 Å². The summed E-state index contributed by atoms with van der Waals surface area (Å²) in [4.78, 5) is 12.3. The van der Waals surface area contributed by atoms with Crippen LogP contribution in [0, 0.1) is 20.8 Å². The third-order valence-electron chi connectivity index (χ3n) is 3.36. The van der Waals surface area contributed by atoms with Gasteiger partial charge in [-0.2, -0.15) is 0 Å². The lowest BCUT2D eigenvalue weighted by molar-refractivity contribution is 0.0991. The number of hydrogen-bond acceptors (Lipinski definition) is 3. The number of rotatable bonds is 4. The lowest BCUT2D eigenvalue weighted by Gasteiger charge is -2.03. The highest BCUT2D eigenvalue weighted by molar-refractivity contribution is 5.99. The Balaban J connectivity index is 2.20. The fraction of sp³-hybridized carbons (Fsp3) is 0.312. The van der Waals surface area contributed by atoms with Crippen LogP contribution in [0.25, 0.3) is 0 Å². The summed E-state index contributed by atoms with van der Waals surface area (Å²) < 4.78 is 10.6. The molecule has 0 amide bonds. The van der Waals surface area contributed by atoms with Crippen molar-refractivity contribution in [2.24, 2.45) is 0 Å². The van der Waals surface area contributed by atoms with Crippen LogP contribution in [-0.2, 0) is 6.42 Å². The highest BCUT2D eigenvalue weighted by Crippen LogP contribution is 2.23. The summed E-state index contributed by atoms with van der Waals surface area (Å²) in [6.07, 6.45) is 0.380. The molecule has 0 saturated heterocycles. The first-order valence-electron chi connectivity index (χ1n) is 6.25. The van der Waals surface area contributed by atoms with Crippen molar-refractivity contribution < 1.29 is 13.9 Å². The summed E-state index contributed by atoms with van der Waals surface area (Å²) in [6, 6.07) is 7.55. The van der Waals surface area contributed by atoms with Crippen molar-refractivity contribution in [1.82, 2.24) is 0 Å². The number of furan rings is 1. The van der Waals surface area contributed by atoms with E-state index in [9.17, 15) is 4.79 Å². The van der Waals surface area contributed by atoms with E-state index in [0.29, 0.717) is 17.7 Å². The normalized spacial score (nSPS) is 10.5. The minimum absolute atomic E-state index is 0.0945. The van der Waals surface area contributed by atoms with E-state index in [1.165, 1.54) is 0 Å². The van der Waals surface area contributed by atoms with E-state index >= 15 is 0 Å². The molecule has 0 atom stereocenters. The van der Waals surface area contributed by atoms with Gasteiger partial charge in [-0.15, -0.1) is 0 Å². The highest BCUT2D eigenvalue weighted by atomic mass is 16.5. The molecule has 2 rings (SSSR count). The molecule has 0 fully saturated rings. The third kappa shape index (κ3) is 2.70. The number of aryl methyl sites for hydroxylation is 2. The van der Waals surface area contributed by atoms with Crippen molar-refractivity contribution >= 4 is 5.78 Å². The molecule has 1 aromatic carbocycles. The van der Waals surface area contributed by atoms with E-state index in [1.54, 1.807) is 7.11 Å². The van der Waals surface area contributed by atoms with Crippen molar-refractivity contribution in [3.05, 3.63) is 52.5 Å². The maximum atomic E-state index is 12.3. The van der Waals surface area contributed by atoms with Gasteiger partial charge in [-0.25, -0.2) is 0 Å². The molecule has 100 valence electrons. The molecular formula is C16H18O3. The second-order valence-corrected chi connectivity index (χ2v) is 4.66. The molecule has 1 aromatic heterocycles. The van der Waals surface area contributed by atoms with Gasteiger partial charge < -0.3 is 9.15 Å². The zero-order chi connectivity index (χ0) is 14.0. The van der Waals surface area contributed by atoms with Crippen LogP contribution in [0.2, 0.25) is 0 Å². The summed E-state index contributed by atoms with van der Waals surface area (Å²) in [5.74, 6) is 2.41. The molecule has 0 aliphatic carbocycles. The fourth-order valence-corrected chi connectivity index (χ4v) is 2.22. The van der Waals surface area contributed by atoms with E-state index in [1.807, 2.05) is 45.0 Å². The van der Waals surface area contributed by atoms with Crippen molar-refractivity contribution in [2.45, 2.75) is 27.2 Å². The summed E-state index contributed by atoms with van der Waals surface area (Å²) >= 11 is 0. The van der Waals surface area contributed by atoms with Crippen LogP contribution < -0.4 is 4.74 Å². The number of carbonyl (C=O) groups excluding carboxylic acids is 1. The van der Waals surface area contributed by atoms with Gasteiger partial charge in [-0.05, 0) is 38.5 Å². The molecule has 0 unspecified atom stereocenters. The molecule has 19 heavy (non-hydrogen) atoms. The van der Waals surface area contributed by atoms with Crippen LogP contribution in [0.15, 0.2) is 28.7 Å². The lowest BCUT2D eigenvalue weighted by atomic mass is 10.00. The number of benzene rings is 1. The Morgan fingerprint density at radius 2 is 1.74 bits per heavy atom. The molecule has 0 N–H and O–H groups in total. The fourth-order valence-electron chi connectivity index (χ4n) is 2.22. The number of hydrogen-bond donors (Lipinski definition) is 0. The number of ketones is 1. The molecule has 0 spiro atoms. The van der Waals surface area contributed by atoms with Gasteiger partial charge in [-0.1, -0.05) is 12.1 Å². The van der Waals surface area contributed by atoms with Crippen LogP contribution in [0.5, 0.6) is 5.75 Å². The topological polar surface area (TPSA) is 39.4 Å². The van der Waals surface area contributed by atoms with Gasteiger partial charge in [0.15, 0.2) is 5.78 Å². The van der Waals surface area contributed by atoms with E-state index in [0.717, 1.165) is 22.6 Å². The van der Waals surface area contributed by atoms with Crippen LogP contribution in [0.1, 0.15) is 33.0 Å². The Morgan fingerprint density at radius 3 is 2.21 bits per heavy atom.